The van der Waals surface area contributed by atoms with E-state index in [1.165, 1.54) is 29.5 Å². The fourth-order valence-corrected chi connectivity index (χ4v) is 2.52. The highest BCUT2D eigenvalue weighted by Gasteiger charge is 2.11. The second kappa shape index (κ2) is 4.81. The lowest BCUT2D eigenvalue weighted by molar-refractivity contribution is 0.364. The summed E-state index contributed by atoms with van der Waals surface area (Å²) in [6, 6.07) is 8.37. The average Bonchev–Trinajstić information content (AvgIpc) is 2.42. The molecule has 0 N–H and O–H groups in total. The molecular formula is C16H17NO. The van der Waals surface area contributed by atoms with E-state index in [1.807, 2.05) is 12.1 Å². The first-order valence-electron chi connectivity index (χ1n) is 6.53. The third-order valence-electron chi connectivity index (χ3n) is 3.43. The second-order valence-corrected chi connectivity index (χ2v) is 4.76. The number of nitrogens with zero attached hydrogens (tertiary/aromatic N) is 1. The molecule has 2 heteroatoms. The third-order valence-corrected chi connectivity index (χ3v) is 3.43. The number of hydrogen-bond donors (Lipinski definition) is 0. The van der Waals surface area contributed by atoms with Crippen molar-refractivity contribution < 1.29 is 4.74 Å². The lowest BCUT2D eigenvalue weighted by Gasteiger charge is -2.15. The molecular weight excluding hydrogens is 222 g/mol. The highest BCUT2D eigenvalue weighted by molar-refractivity contribution is 5.81. The van der Waals surface area contributed by atoms with E-state index in [0.717, 1.165) is 24.1 Å². The van der Waals surface area contributed by atoms with Crippen LogP contribution in [0.1, 0.15) is 24.1 Å². The molecule has 2 nitrogen and oxygen atoms in total. The minimum absolute atomic E-state index is 0.546. The van der Waals surface area contributed by atoms with Crippen molar-refractivity contribution in [3.8, 4) is 5.75 Å². The normalized spacial score (nSPS) is 14.2. The van der Waals surface area contributed by atoms with Crippen molar-refractivity contribution in [1.82, 2.24) is 4.98 Å². The predicted molar refractivity (Wildman–Crippen MR) is 74.1 cm³/mol. The van der Waals surface area contributed by atoms with E-state index in [1.54, 1.807) is 6.08 Å². The zero-order valence-corrected chi connectivity index (χ0v) is 10.5. The van der Waals surface area contributed by atoms with Gasteiger partial charge >= 0.3 is 0 Å². The Morgan fingerprint density at radius 1 is 1.22 bits per heavy atom. The molecule has 0 fully saturated rings. The van der Waals surface area contributed by atoms with Crippen LogP contribution in [0.25, 0.3) is 10.9 Å². The first kappa shape index (κ1) is 11.3. The summed E-state index contributed by atoms with van der Waals surface area (Å²) in [7, 11) is 0. The Morgan fingerprint density at radius 2 is 2.11 bits per heavy atom. The topological polar surface area (TPSA) is 22.1 Å². The van der Waals surface area contributed by atoms with Crippen LogP contribution >= 0.6 is 0 Å². The number of aromatic nitrogens is 1. The van der Waals surface area contributed by atoms with Crippen molar-refractivity contribution in [3.05, 3.63) is 48.2 Å². The maximum atomic E-state index is 5.56. The van der Waals surface area contributed by atoms with Gasteiger partial charge in [-0.1, -0.05) is 12.7 Å². The maximum absolute atomic E-state index is 5.56. The van der Waals surface area contributed by atoms with Gasteiger partial charge in [-0.3, -0.25) is 4.98 Å². The Labute approximate surface area is 107 Å². The molecule has 18 heavy (non-hydrogen) atoms. The summed E-state index contributed by atoms with van der Waals surface area (Å²) in [6.45, 7) is 4.20. The Kier molecular flexibility index (Phi) is 3.01. The Morgan fingerprint density at radius 3 is 3.00 bits per heavy atom. The van der Waals surface area contributed by atoms with Crippen molar-refractivity contribution >= 4 is 10.9 Å². The molecule has 0 atom stereocenters. The number of benzene rings is 1. The molecule has 92 valence electrons. The molecule has 0 saturated carbocycles. The molecule has 1 heterocycles. The van der Waals surface area contributed by atoms with E-state index < -0.39 is 0 Å². The van der Waals surface area contributed by atoms with Crippen LogP contribution in [0.4, 0.5) is 0 Å². The van der Waals surface area contributed by atoms with Gasteiger partial charge in [0.05, 0.1) is 5.52 Å². The third kappa shape index (κ3) is 2.10. The number of pyridine rings is 1. The fourth-order valence-electron chi connectivity index (χ4n) is 2.52. The average molecular weight is 239 g/mol. The zero-order valence-electron chi connectivity index (χ0n) is 10.5. The summed E-state index contributed by atoms with van der Waals surface area (Å²) >= 11 is 0. The van der Waals surface area contributed by atoms with Gasteiger partial charge in [-0.15, -0.1) is 0 Å². The molecule has 0 radical (unpaired) electrons. The number of ether oxygens (including phenoxy) is 1. The van der Waals surface area contributed by atoms with Gasteiger partial charge in [-0.25, -0.2) is 0 Å². The molecule has 0 aliphatic heterocycles. The van der Waals surface area contributed by atoms with E-state index in [-0.39, 0.29) is 0 Å². The molecule has 0 amide bonds. The van der Waals surface area contributed by atoms with Gasteiger partial charge in [-0.2, -0.15) is 0 Å². The quantitative estimate of drug-likeness (QED) is 0.762. The lowest BCUT2D eigenvalue weighted by atomic mass is 9.95. The number of rotatable bonds is 3. The van der Waals surface area contributed by atoms with Crippen LogP contribution in [0.2, 0.25) is 0 Å². The van der Waals surface area contributed by atoms with Crippen LogP contribution in [-0.4, -0.2) is 11.6 Å². The Bertz CT molecular complexity index is 589. The van der Waals surface area contributed by atoms with Gasteiger partial charge in [0.15, 0.2) is 0 Å². The SMILES string of the molecule is C=CCOc1ccc2nc3c(cc2c1)CCCC3. The molecule has 1 aliphatic rings. The lowest BCUT2D eigenvalue weighted by Crippen LogP contribution is -2.05. The molecule has 0 saturated heterocycles. The molecule has 2 aromatic rings. The largest absolute Gasteiger partial charge is 0.490 e. The minimum Gasteiger partial charge on any atom is -0.490 e. The van der Waals surface area contributed by atoms with Crippen LogP contribution in [0.5, 0.6) is 5.75 Å². The van der Waals surface area contributed by atoms with Gasteiger partial charge in [0.2, 0.25) is 0 Å². The van der Waals surface area contributed by atoms with Crippen LogP contribution in [-0.2, 0) is 12.8 Å². The standard InChI is InChI=1S/C16H17NO/c1-2-9-18-14-7-8-16-13(11-14)10-12-5-3-4-6-15(12)17-16/h2,7-8,10-11H,1,3-6,9H2. The van der Waals surface area contributed by atoms with E-state index >= 15 is 0 Å². The second-order valence-electron chi connectivity index (χ2n) is 4.76. The van der Waals surface area contributed by atoms with Crippen molar-refractivity contribution in [3.63, 3.8) is 0 Å². The summed E-state index contributed by atoms with van der Waals surface area (Å²) in [5.41, 5.74) is 3.77. The van der Waals surface area contributed by atoms with Crippen LogP contribution in [0.15, 0.2) is 36.9 Å². The molecule has 1 aromatic heterocycles. The molecule has 1 aliphatic carbocycles. The smallest absolute Gasteiger partial charge is 0.120 e. The van der Waals surface area contributed by atoms with Crippen molar-refractivity contribution in [2.75, 3.05) is 6.61 Å². The minimum atomic E-state index is 0.546. The summed E-state index contributed by atoms with van der Waals surface area (Å²) in [5.74, 6) is 0.889. The zero-order chi connectivity index (χ0) is 12.4. The van der Waals surface area contributed by atoms with Crippen LogP contribution < -0.4 is 4.74 Å². The van der Waals surface area contributed by atoms with E-state index in [4.69, 9.17) is 9.72 Å². The van der Waals surface area contributed by atoms with Gasteiger partial charge in [-0.05, 0) is 55.5 Å². The van der Waals surface area contributed by atoms with Crippen molar-refractivity contribution in [2.24, 2.45) is 0 Å². The van der Waals surface area contributed by atoms with Crippen molar-refractivity contribution in [2.45, 2.75) is 25.7 Å². The fraction of sp³-hybridized carbons (Fsp3) is 0.312. The maximum Gasteiger partial charge on any atom is 0.120 e. The number of aryl methyl sites for hydroxylation is 2. The highest BCUT2D eigenvalue weighted by atomic mass is 16.5. The summed E-state index contributed by atoms with van der Waals surface area (Å²) in [4.78, 5) is 4.76. The summed E-state index contributed by atoms with van der Waals surface area (Å²) < 4.78 is 5.56. The van der Waals surface area contributed by atoms with E-state index in [2.05, 4.69) is 18.7 Å². The first-order valence-corrected chi connectivity index (χ1v) is 6.53. The van der Waals surface area contributed by atoms with Crippen LogP contribution in [0, 0.1) is 0 Å². The number of fused-ring (bicyclic) bond motifs is 2. The molecule has 0 unspecified atom stereocenters. The van der Waals surface area contributed by atoms with E-state index in [9.17, 15) is 0 Å². The monoisotopic (exact) mass is 239 g/mol. The number of hydrogen-bond acceptors (Lipinski definition) is 2. The van der Waals surface area contributed by atoms with Crippen LogP contribution in [0.3, 0.4) is 0 Å². The van der Waals surface area contributed by atoms with Gasteiger partial charge < -0.3 is 4.74 Å². The van der Waals surface area contributed by atoms with Gasteiger partial charge in [0, 0.05) is 11.1 Å². The molecule has 3 rings (SSSR count). The first-order chi connectivity index (χ1) is 8.86. The van der Waals surface area contributed by atoms with Gasteiger partial charge in [0.25, 0.3) is 0 Å². The highest BCUT2D eigenvalue weighted by Crippen LogP contribution is 2.26. The van der Waals surface area contributed by atoms with Gasteiger partial charge in [0.1, 0.15) is 12.4 Å². The van der Waals surface area contributed by atoms with E-state index in [0.29, 0.717) is 6.61 Å². The molecule has 1 aromatic carbocycles. The molecule has 0 spiro atoms. The summed E-state index contributed by atoms with van der Waals surface area (Å²) in [6.07, 6.45) is 6.60. The Hall–Kier alpha value is -1.83. The van der Waals surface area contributed by atoms with Crippen molar-refractivity contribution in [1.29, 1.82) is 0 Å². The molecule has 0 bridgehead atoms. The predicted octanol–water partition coefficient (Wildman–Crippen LogP) is 3.68. The summed E-state index contributed by atoms with van der Waals surface area (Å²) in [5, 5.41) is 1.18. The Balaban J connectivity index is 2.02.